The van der Waals surface area contributed by atoms with Crippen molar-refractivity contribution >= 4 is 14.0 Å². The van der Waals surface area contributed by atoms with Gasteiger partial charge in [-0.05, 0) is 53.4 Å². The molecule has 1 N–H and O–H groups in total. The van der Waals surface area contributed by atoms with Crippen LogP contribution in [0.4, 0.5) is 0 Å². The Morgan fingerprint density at radius 3 is 1.71 bits per heavy atom. The fourth-order valence-corrected chi connectivity index (χ4v) is 8.63. The predicted molar refractivity (Wildman–Crippen MR) is 92.1 cm³/mol. The molecule has 1 rings (SSSR count). The van der Waals surface area contributed by atoms with Gasteiger partial charge in [0, 0.05) is 0 Å². The first-order chi connectivity index (χ1) is 9.75. The van der Waals surface area contributed by atoms with E-state index in [1.807, 2.05) is 24.3 Å². The van der Waals surface area contributed by atoms with Crippen molar-refractivity contribution in [3.8, 4) is 5.75 Å². The third kappa shape index (κ3) is 3.67. The summed E-state index contributed by atoms with van der Waals surface area (Å²) < 4.78 is 6.59. The fourth-order valence-electron chi connectivity index (χ4n) is 3.38. The topological polar surface area (TPSA) is 41.8 Å². The second-order valence-corrected chi connectivity index (χ2v) is 12.0. The average Bonchev–Trinajstić information content (AvgIpc) is 2.43. The van der Waals surface area contributed by atoms with Crippen molar-refractivity contribution < 1.29 is 9.63 Å². The Balaban J connectivity index is 3.10. The van der Waals surface area contributed by atoms with E-state index in [2.05, 4.69) is 46.7 Å². The zero-order valence-corrected chi connectivity index (χ0v) is 15.3. The Bertz CT molecular complexity index is 456. The smallest absolute Gasteiger partial charge is 0.258 e. The number of hydrogen-bond donors (Lipinski definition) is 1. The normalized spacial score (nSPS) is 13.3. The van der Waals surface area contributed by atoms with Gasteiger partial charge in [-0.2, -0.15) is 0 Å². The van der Waals surface area contributed by atoms with E-state index in [4.69, 9.17) is 9.63 Å². The first kappa shape index (κ1) is 17.8. The third-order valence-corrected chi connectivity index (χ3v) is 10.4. The molecule has 3 nitrogen and oxygen atoms in total. The van der Waals surface area contributed by atoms with Gasteiger partial charge in [0.1, 0.15) is 5.75 Å². The van der Waals surface area contributed by atoms with E-state index >= 15 is 0 Å². The van der Waals surface area contributed by atoms with E-state index in [1.165, 1.54) is 0 Å². The van der Waals surface area contributed by atoms with Crippen molar-refractivity contribution in [3.05, 3.63) is 29.8 Å². The molecule has 0 aliphatic heterocycles. The summed E-state index contributed by atoms with van der Waals surface area (Å²) in [5.41, 5.74) is 3.19. The minimum Gasteiger partial charge on any atom is -0.543 e. The Morgan fingerprint density at radius 2 is 1.38 bits per heavy atom. The van der Waals surface area contributed by atoms with Gasteiger partial charge >= 0.3 is 0 Å². The molecule has 0 heterocycles. The molecule has 0 amide bonds. The van der Waals surface area contributed by atoms with Crippen molar-refractivity contribution in [1.82, 2.24) is 0 Å². The summed E-state index contributed by atoms with van der Waals surface area (Å²) >= 11 is 0. The van der Waals surface area contributed by atoms with E-state index in [1.54, 1.807) is 6.92 Å². The van der Waals surface area contributed by atoms with Gasteiger partial charge in [0.05, 0.1) is 5.71 Å². The number of nitrogens with zero attached hydrogens (tertiary/aromatic N) is 1. The highest BCUT2D eigenvalue weighted by atomic mass is 28.4. The SMILES string of the molecule is C/C(=N\O)c1ccc(O[Si](C(C)C)(C(C)C)C(C)C)cc1. The molecule has 1 aromatic carbocycles. The molecule has 0 aliphatic rings. The number of rotatable bonds is 6. The Labute approximate surface area is 130 Å². The van der Waals surface area contributed by atoms with Crippen LogP contribution >= 0.6 is 0 Å². The standard InChI is InChI=1S/C17H29NO2Si/c1-12(2)21(13(3)4,14(5)6)20-17-10-8-16(9-11-17)15(7)18-19/h8-14,19H,1-7H3/b18-15+. The summed E-state index contributed by atoms with van der Waals surface area (Å²) in [6, 6.07) is 7.87. The van der Waals surface area contributed by atoms with E-state index in [0.717, 1.165) is 11.3 Å². The fraction of sp³-hybridized carbons (Fsp3) is 0.588. The maximum absolute atomic E-state index is 8.83. The van der Waals surface area contributed by atoms with Crippen LogP contribution in [0.3, 0.4) is 0 Å². The minimum absolute atomic E-state index is 0.554. The van der Waals surface area contributed by atoms with Gasteiger partial charge in [-0.25, -0.2) is 0 Å². The summed E-state index contributed by atoms with van der Waals surface area (Å²) in [5.74, 6) is 0.923. The zero-order chi connectivity index (χ0) is 16.2. The molecule has 0 fully saturated rings. The zero-order valence-electron chi connectivity index (χ0n) is 14.3. The molecule has 1 aromatic rings. The molecule has 0 bridgehead atoms. The van der Waals surface area contributed by atoms with Gasteiger partial charge in [0.15, 0.2) is 0 Å². The summed E-state index contributed by atoms with van der Waals surface area (Å²) in [5, 5.41) is 12.1. The van der Waals surface area contributed by atoms with Crippen LogP contribution in [-0.2, 0) is 0 Å². The predicted octanol–water partition coefficient (Wildman–Crippen LogP) is 5.44. The van der Waals surface area contributed by atoms with Gasteiger partial charge in [0.2, 0.25) is 0 Å². The molecule has 0 saturated heterocycles. The molecule has 0 aromatic heterocycles. The van der Waals surface area contributed by atoms with Gasteiger partial charge in [-0.15, -0.1) is 0 Å². The van der Waals surface area contributed by atoms with Crippen LogP contribution in [0, 0.1) is 0 Å². The highest BCUT2D eigenvalue weighted by molar-refractivity contribution is 6.78. The molecular weight excluding hydrogens is 278 g/mol. The lowest BCUT2D eigenvalue weighted by Crippen LogP contribution is -2.50. The molecular formula is C17H29NO2Si. The molecule has 0 radical (unpaired) electrons. The highest BCUT2D eigenvalue weighted by Crippen LogP contribution is 2.42. The summed E-state index contributed by atoms with van der Waals surface area (Å²) in [7, 11) is -1.90. The van der Waals surface area contributed by atoms with Gasteiger partial charge < -0.3 is 9.63 Å². The van der Waals surface area contributed by atoms with Crippen LogP contribution in [0.15, 0.2) is 29.4 Å². The number of benzene rings is 1. The molecule has 0 atom stereocenters. The minimum atomic E-state index is -1.90. The van der Waals surface area contributed by atoms with E-state index < -0.39 is 8.32 Å². The van der Waals surface area contributed by atoms with Crippen molar-refractivity contribution in [3.63, 3.8) is 0 Å². The van der Waals surface area contributed by atoms with Gasteiger partial charge in [-0.3, -0.25) is 0 Å². The molecule has 4 heteroatoms. The lowest BCUT2D eigenvalue weighted by atomic mass is 10.1. The van der Waals surface area contributed by atoms with Crippen LogP contribution in [0.1, 0.15) is 54.0 Å². The first-order valence-corrected chi connectivity index (χ1v) is 9.87. The van der Waals surface area contributed by atoms with Crippen molar-refractivity contribution in [2.24, 2.45) is 5.16 Å². The Kier molecular flexibility index (Phi) is 6.02. The molecule has 21 heavy (non-hydrogen) atoms. The molecule has 118 valence electrons. The van der Waals surface area contributed by atoms with Gasteiger partial charge in [0.25, 0.3) is 8.32 Å². The van der Waals surface area contributed by atoms with Crippen molar-refractivity contribution in [2.75, 3.05) is 0 Å². The van der Waals surface area contributed by atoms with E-state index in [0.29, 0.717) is 22.3 Å². The van der Waals surface area contributed by atoms with Crippen LogP contribution in [-0.4, -0.2) is 19.2 Å². The quantitative estimate of drug-likeness (QED) is 0.329. The third-order valence-electron chi connectivity index (χ3n) is 4.42. The highest BCUT2D eigenvalue weighted by Gasteiger charge is 2.46. The van der Waals surface area contributed by atoms with Crippen molar-refractivity contribution in [1.29, 1.82) is 0 Å². The molecule has 0 unspecified atom stereocenters. The largest absolute Gasteiger partial charge is 0.543 e. The van der Waals surface area contributed by atoms with Crippen LogP contribution in [0.5, 0.6) is 5.75 Å². The lowest BCUT2D eigenvalue weighted by molar-refractivity contribution is 0.319. The summed E-state index contributed by atoms with van der Waals surface area (Å²) in [4.78, 5) is 0. The first-order valence-electron chi connectivity index (χ1n) is 7.73. The van der Waals surface area contributed by atoms with Crippen LogP contribution < -0.4 is 4.43 Å². The Morgan fingerprint density at radius 1 is 0.952 bits per heavy atom. The monoisotopic (exact) mass is 307 g/mol. The second-order valence-electron chi connectivity index (χ2n) is 6.63. The second kappa shape index (κ2) is 7.12. The van der Waals surface area contributed by atoms with Crippen molar-refractivity contribution in [2.45, 2.75) is 65.1 Å². The van der Waals surface area contributed by atoms with E-state index in [-0.39, 0.29) is 0 Å². The van der Waals surface area contributed by atoms with Gasteiger partial charge in [-0.1, -0.05) is 46.7 Å². The average molecular weight is 308 g/mol. The number of oxime groups is 1. The molecule has 0 aliphatic carbocycles. The lowest BCUT2D eigenvalue weighted by Gasteiger charge is -2.42. The summed E-state index contributed by atoms with van der Waals surface area (Å²) in [6.45, 7) is 15.5. The number of hydrogen-bond acceptors (Lipinski definition) is 3. The molecule has 0 spiro atoms. The van der Waals surface area contributed by atoms with E-state index in [9.17, 15) is 0 Å². The van der Waals surface area contributed by atoms with Crippen LogP contribution in [0.25, 0.3) is 0 Å². The maximum atomic E-state index is 8.83. The Hall–Kier alpha value is -1.29. The summed E-state index contributed by atoms with van der Waals surface area (Å²) in [6.07, 6.45) is 0. The van der Waals surface area contributed by atoms with Crippen LogP contribution in [0.2, 0.25) is 16.6 Å². The maximum Gasteiger partial charge on any atom is 0.258 e. The molecule has 0 saturated carbocycles.